The fourth-order valence-corrected chi connectivity index (χ4v) is 6.60. The average Bonchev–Trinajstić information content (AvgIpc) is 3.19. The predicted molar refractivity (Wildman–Crippen MR) is 211 cm³/mol. The minimum atomic E-state index is 0.846. The van der Waals surface area contributed by atoms with Crippen LogP contribution >= 0.6 is 0 Å². The topological polar surface area (TPSA) is 32.3 Å². The van der Waals surface area contributed by atoms with Crippen LogP contribution in [0.5, 0.6) is 0 Å². The number of aromatic nitrogens is 2. The van der Waals surface area contributed by atoms with Crippen LogP contribution in [0.1, 0.15) is 13.3 Å². The average molecular weight is 645 g/mol. The Kier molecular flexibility index (Phi) is 8.34. The number of fused-ring (bicyclic) bond motifs is 2. The molecule has 0 aliphatic heterocycles. The molecule has 7 aromatic carbocycles. The van der Waals surface area contributed by atoms with E-state index in [1.54, 1.807) is 0 Å². The highest BCUT2D eigenvalue weighted by atomic mass is 15.2. The number of hydrogen-bond acceptors (Lipinski definition) is 4. The van der Waals surface area contributed by atoms with Crippen molar-refractivity contribution in [3.63, 3.8) is 0 Å². The highest BCUT2D eigenvalue weighted by molar-refractivity contribution is 5.99. The van der Waals surface area contributed by atoms with Crippen LogP contribution in [0.4, 0.5) is 28.4 Å². The molecule has 1 aromatic heterocycles. The number of anilines is 5. The zero-order chi connectivity index (χ0) is 33.9. The SMILES string of the molecule is C=C(CC)N(c1ccccc1)c1ccc(N(c2ccc(-c3nc4ccccc4nc3-c3ccccc3)cc2)c2cccc3ccccc23)cc1. The Labute approximate surface area is 293 Å². The number of rotatable bonds is 9. The highest BCUT2D eigenvalue weighted by Gasteiger charge is 2.19. The van der Waals surface area contributed by atoms with Crippen molar-refractivity contribution in [2.24, 2.45) is 0 Å². The van der Waals surface area contributed by atoms with Crippen molar-refractivity contribution in [1.29, 1.82) is 0 Å². The molecule has 4 nitrogen and oxygen atoms in total. The molecule has 0 saturated carbocycles. The number of nitrogens with zero attached hydrogens (tertiary/aromatic N) is 4. The van der Waals surface area contributed by atoms with Gasteiger partial charge >= 0.3 is 0 Å². The van der Waals surface area contributed by atoms with E-state index in [4.69, 9.17) is 9.97 Å². The summed E-state index contributed by atoms with van der Waals surface area (Å²) in [7, 11) is 0. The molecular weight excluding hydrogens is 609 g/mol. The molecule has 0 unspecified atom stereocenters. The predicted octanol–water partition coefficient (Wildman–Crippen LogP) is 12.6. The van der Waals surface area contributed by atoms with Gasteiger partial charge in [0.2, 0.25) is 0 Å². The zero-order valence-electron chi connectivity index (χ0n) is 27.9. The van der Waals surface area contributed by atoms with Crippen molar-refractivity contribution < 1.29 is 0 Å². The van der Waals surface area contributed by atoms with E-state index >= 15 is 0 Å². The van der Waals surface area contributed by atoms with Gasteiger partial charge < -0.3 is 9.80 Å². The maximum atomic E-state index is 5.14. The molecule has 0 spiro atoms. The van der Waals surface area contributed by atoms with Gasteiger partial charge in [0.1, 0.15) is 0 Å². The van der Waals surface area contributed by atoms with Crippen LogP contribution < -0.4 is 9.80 Å². The summed E-state index contributed by atoms with van der Waals surface area (Å²) in [5, 5.41) is 2.37. The molecule has 0 aliphatic carbocycles. The molecule has 240 valence electrons. The van der Waals surface area contributed by atoms with Gasteiger partial charge in [0.25, 0.3) is 0 Å². The van der Waals surface area contributed by atoms with E-state index in [9.17, 15) is 0 Å². The molecule has 0 aliphatic rings. The summed E-state index contributed by atoms with van der Waals surface area (Å²) < 4.78 is 0. The fourth-order valence-electron chi connectivity index (χ4n) is 6.60. The van der Waals surface area contributed by atoms with Crippen molar-refractivity contribution in [2.75, 3.05) is 9.80 Å². The van der Waals surface area contributed by atoms with Gasteiger partial charge in [-0.25, -0.2) is 9.97 Å². The lowest BCUT2D eigenvalue weighted by atomic mass is 10.0. The summed E-state index contributed by atoms with van der Waals surface area (Å²) >= 11 is 0. The second-order valence-electron chi connectivity index (χ2n) is 12.3. The first-order valence-corrected chi connectivity index (χ1v) is 17.0. The molecule has 1 heterocycles. The van der Waals surface area contributed by atoms with Crippen LogP contribution in [-0.2, 0) is 0 Å². The van der Waals surface area contributed by atoms with Gasteiger partial charge in [0.15, 0.2) is 0 Å². The lowest BCUT2D eigenvalue weighted by molar-refractivity contribution is 1.02. The van der Waals surface area contributed by atoms with Crippen LogP contribution in [0.3, 0.4) is 0 Å². The van der Waals surface area contributed by atoms with Gasteiger partial charge in [-0.3, -0.25) is 0 Å². The van der Waals surface area contributed by atoms with E-state index in [1.807, 2.05) is 48.5 Å². The normalized spacial score (nSPS) is 11.1. The van der Waals surface area contributed by atoms with Crippen LogP contribution in [-0.4, -0.2) is 9.97 Å². The second-order valence-corrected chi connectivity index (χ2v) is 12.3. The monoisotopic (exact) mass is 644 g/mol. The first-order valence-electron chi connectivity index (χ1n) is 17.0. The molecule has 0 amide bonds. The standard InChI is InChI=1S/C46H36N4/c1-3-33(2)49(37-19-8-5-9-20-37)38-29-31-40(32-30-38)50(44-24-14-18-34-15-10-11-21-41(34)44)39-27-25-36(26-28-39)46-45(35-16-6-4-7-17-35)47-42-22-12-13-23-43(42)48-46/h4-32H,2-3H2,1H3. The van der Waals surface area contributed by atoms with Crippen molar-refractivity contribution in [1.82, 2.24) is 9.97 Å². The highest BCUT2D eigenvalue weighted by Crippen LogP contribution is 2.41. The summed E-state index contributed by atoms with van der Waals surface area (Å²) in [6.07, 6.45) is 0.846. The Morgan fingerprint density at radius 1 is 0.480 bits per heavy atom. The summed E-state index contributed by atoms with van der Waals surface area (Å²) in [4.78, 5) is 14.8. The van der Waals surface area contributed by atoms with E-state index in [0.717, 1.165) is 74.1 Å². The minimum Gasteiger partial charge on any atom is -0.315 e. The molecule has 4 heteroatoms. The van der Waals surface area contributed by atoms with Crippen molar-refractivity contribution in [3.05, 3.63) is 188 Å². The number of benzene rings is 7. The van der Waals surface area contributed by atoms with Crippen LogP contribution in [0.15, 0.2) is 188 Å². The van der Waals surface area contributed by atoms with Crippen molar-refractivity contribution in [2.45, 2.75) is 13.3 Å². The van der Waals surface area contributed by atoms with E-state index in [1.165, 1.54) is 10.8 Å². The van der Waals surface area contributed by atoms with Crippen molar-refractivity contribution >= 4 is 50.2 Å². The largest absolute Gasteiger partial charge is 0.315 e. The molecule has 0 N–H and O–H groups in total. The van der Waals surface area contributed by atoms with E-state index in [0.29, 0.717) is 0 Å². The van der Waals surface area contributed by atoms with Gasteiger partial charge in [-0.15, -0.1) is 0 Å². The fraction of sp³-hybridized carbons (Fsp3) is 0.0435. The number of para-hydroxylation sites is 3. The Balaban J connectivity index is 1.24. The van der Waals surface area contributed by atoms with Crippen LogP contribution in [0.2, 0.25) is 0 Å². The molecule has 0 radical (unpaired) electrons. The Morgan fingerprint density at radius 3 is 1.60 bits per heavy atom. The molecule has 0 bridgehead atoms. The third-order valence-corrected chi connectivity index (χ3v) is 9.13. The molecule has 8 rings (SSSR count). The first-order chi connectivity index (χ1) is 24.7. The van der Waals surface area contributed by atoms with Gasteiger partial charge in [0, 0.05) is 45.0 Å². The maximum Gasteiger partial charge on any atom is 0.0973 e. The smallest absolute Gasteiger partial charge is 0.0973 e. The molecule has 0 atom stereocenters. The van der Waals surface area contributed by atoms with Gasteiger partial charge in [-0.1, -0.05) is 123 Å². The second kappa shape index (κ2) is 13.5. The zero-order valence-corrected chi connectivity index (χ0v) is 27.9. The summed E-state index contributed by atoms with van der Waals surface area (Å²) in [5.41, 5.74) is 12.0. The number of allylic oxidation sites excluding steroid dienone is 1. The van der Waals surface area contributed by atoms with E-state index in [2.05, 4.69) is 151 Å². The first kappa shape index (κ1) is 30.8. The molecule has 50 heavy (non-hydrogen) atoms. The lowest BCUT2D eigenvalue weighted by Gasteiger charge is -2.29. The summed E-state index contributed by atoms with van der Waals surface area (Å²) in [5.74, 6) is 0. The summed E-state index contributed by atoms with van der Waals surface area (Å²) in [6, 6.07) is 61.3. The maximum absolute atomic E-state index is 5.14. The molecule has 8 aromatic rings. The Hall–Kier alpha value is -6.52. The lowest BCUT2D eigenvalue weighted by Crippen LogP contribution is -2.15. The minimum absolute atomic E-state index is 0.846. The van der Waals surface area contributed by atoms with Gasteiger partial charge in [0.05, 0.1) is 28.1 Å². The third kappa shape index (κ3) is 5.88. The van der Waals surface area contributed by atoms with Crippen LogP contribution in [0, 0.1) is 0 Å². The van der Waals surface area contributed by atoms with Gasteiger partial charge in [-0.2, -0.15) is 0 Å². The number of hydrogen-bond donors (Lipinski definition) is 0. The quantitative estimate of drug-likeness (QED) is 0.156. The third-order valence-electron chi connectivity index (χ3n) is 9.13. The Morgan fingerprint density at radius 2 is 0.960 bits per heavy atom. The molecular formula is C46H36N4. The van der Waals surface area contributed by atoms with E-state index in [-0.39, 0.29) is 0 Å². The van der Waals surface area contributed by atoms with Crippen LogP contribution in [0.25, 0.3) is 44.3 Å². The van der Waals surface area contributed by atoms with Gasteiger partial charge in [-0.05, 0) is 78.5 Å². The van der Waals surface area contributed by atoms with E-state index < -0.39 is 0 Å². The molecule has 0 fully saturated rings. The Bertz CT molecular complexity index is 2410. The molecule has 0 saturated heterocycles. The van der Waals surface area contributed by atoms with Crippen molar-refractivity contribution in [3.8, 4) is 22.5 Å². The summed E-state index contributed by atoms with van der Waals surface area (Å²) in [6.45, 7) is 6.54.